The molecule has 1 N–H and O–H groups in total. The van der Waals surface area contributed by atoms with Crippen molar-refractivity contribution in [1.29, 1.82) is 0 Å². The molecule has 0 heterocycles. The SMILES string of the molecule is CCCCC(O)CCCC(CCCC)S(=O)(=O)[O-].[Na+]. The third kappa shape index (κ3) is 12.3. The Morgan fingerprint density at radius 1 is 0.947 bits per heavy atom. The molecule has 4 nitrogen and oxygen atoms in total. The summed E-state index contributed by atoms with van der Waals surface area (Å²) in [4.78, 5) is 0. The predicted molar refractivity (Wildman–Crippen MR) is 72.4 cm³/mol. The van der Waals surface area contributed by atoms with Crippen LogP contribution in [0, 0.1) is 0 Å². The molecular weight excluding hydrogens is 275 g/mol. The first-order valence-electron chi connectivity index (χ1n) is 7.04. The van der Waals surface area contributed by atoms with Crippen molar-refractivity contribution in [1.82, 2.24) is 0 Å². The molecule has 0 fully saturated rings. The van der Waals surface area contributed by atoms with Gasteiger partial charge in [0, 0.05) is 5.25 Å². The molecular formula is C13H27NaO4S. The maximum atomic E-state index is 11.1. The van der Waals surface area contributed by atoms with Crippen LogP contribution in [0.3, 0.4) is 0 Å². The van der Waals surface area contributed by atoms with E-state index in [0.29, 0.717) is 25.7 Å². The average Bonchev–Trinajstić information content (AvgIpc) is 2.29. The van der Waals surface area contributed by atoms with Crippen LogP contribution in [-0.4, -0.2) is 29.4 Å². The fraction of sp³-hybridized carbons (Fsp3) is 1.00. The van der Waals surface area contributed by atoms with Crippen LogP contribution in [0.2, 0.25) is 0 Å². The number of unbranched alkanes of at least 4 members (excludes halogenated alkanes) is 2. The van der Waals surface area contributed by atoms with Gasteiger partial charge < -0.3 is 9.66 Å². The second-order valence-corrected chi connectivity index (χ2v) is 6.64. The van der Waals surface area contributed by atoms with Crippen LogP contribution < -0.4 is 29.6 Å². The number of rotatable bonds is 11. The molecule has 0 saturated carbocycles. The van der Waals surface area contributed by atoms with Crippen molar-refractivity contribution < 1.29 is 47.6 Å². The summed E-state index contributed by atoms with van der Waals surface area (Å²) in [6.07, 6.45) is 6.15. The molecule has 0 rings (SSSR count). The van der Waals surface area contributed by atoms with Gasteiger partial charge in [-0.3, -0.25) is 0 Å². The second kappa shape index (κ2) is 12.6. The molecule has 0 aliphatic carbocycles. The largest absolute Gasteiger partial charge is 1.00 e. The van der Waals surface area contributed by atoms with Crippen molar-refractivity contribution in [2.75, 3.05) is 0 Å². The summed E-state index contributed by atoms with van der Waals surface area (Å²) < 4.78 is 33.2. The zero-order valence-corrected chi connectivity index (χ0v) is 15.4. The molecule has 2 unspecified atom stereocenters. The topological polar surface area (TPSA) is 77.4 Å². The minimum atomic E-state index is -4.18. The minimum absolute atomic E-state index is 0. The Kier molecular flexibility index (Phi) is 14.7. The first-order valence-corrected chi connectivity index (χ1v) is 8.51. The average molecular weight is 302 g/mol. The molecule has 19 heavy (non-hydrogen) atoms. The fourth-order valence-corrected chi connectivity index (χ4v) is 2.94. The van der Waals surface area contributed by atoms with Crippen LogP contribution >= 0.6 is 0 Å². The Morgan fingerprint density at radius 2 is 1.37 bits per heavy atom. The Hall–Kier alpha value is 0.870. The van der Waals surface area contributed by atoms with E-state index in [-0.39, 0.29) is 35.7 Å². The zero-order chi connectivity index (χ0) is 14.0. The molecule has 0 saturated heterocycles. The Morgan fingerprint density at radius 3 is 1.84 bits per heavy atom. The van der Waals surface area contributed by atoms with E-state index in [9.17, 15) is 18.1 Å². The van der Waals surface area contributed by atoms with Crippen molar-refractivity contribution in [2.24, 2.45) is 0 Å². The van der Waals surface area contributed by atoms with Crippen molar-refractivity contribution in [3.8, 4) is 0 Å². The van der Waals surface area contributed by atoms with Crippen molar-refractivity contribution in [3.63, 3.8) is 0 Å². The monoisotopic (exact) mass is 302 g/mol. The van der Waals surface area contributed by atoms with Crippen molar-refractivity contribution >= 4 is 10.1 Å². The Labute approximate surface area is 140 Å². The van der Waals surface area contributed by atoms with E-state index in [1.807, 2.05) is 6.92 Å². The van der Waals surface area contributed by atoms with E-state index < -0.39 is 15.4 Å². The standard InChI is InChI=1S/C13H28O4S.Na/c1-3-5-8-12(14)9-7-11-13(10-6-4-2)18(15,16)17;/h12-14H,3-11H2,1-2H3,(H,15,16,17);/q;+1/p-1. The Bertz CT molecular complexity index is 293. The van der Waals surface area contributed by atoms with Gasteiger partial charge in [0.25, 0.3) is 0 Å². The van der Waals surface area contributed by atoms with E-state index >= 15 is 0 Å². The predicted octanol–water partition coefficient (Wildman–Crippen LogP) is -0.184. The summed E-state index contributed by atoms with van der Waals surface area (Å²) in [7, 11) is -4.18. The molecule has 0 aromatic rings. The second-order valence-electron chi connectivity index (χ2n) is 4.98. The molecule has 0 spiro atoms. The van der Waals surface area contributed by atoms with E-state index in [4.69, 9.17) is 0 Å². The smallest absolute Gasteiger partial charge is 0.748 e. The molecule has 2 atom stereocenters. The van der Waals surface area contributed by atoms with Crippen LogP contribution in [0.5, 0.6) is 0 Å². The molecule has 0 bridgehead atoms. The molecule has 0 aliphatic rings. The van der Waals surface area contributed by atoms with Gasteiger partial charge in [-0.05, 0) is 32.1 Å². The van der Waals surface area contributed by atoms with Gasteiger partial charge in [0.15, 0.2) is 0 Å². The summed E-state index contributed by atoms with van der Waals surface area (Å²) in [5.74, 6) is 0. The first kappa shape index (κ1) is 22.2. The maximum absolute atomic E-state index is 11.1. The number of aliphatic hydroxyl groups is 1. The van der Waals surface area contributed by atoms with Gasteiger partial charge in [0.05, 0.1) is 16.2 Å². The summed E-state index contributed by atoms with van der Waals surface area (Å²) in [5.41, 5.74) is 0. The number of hydrogen-bond donors (Lipinski definition) is 1. The maximum Gasteiger partial charge on any atom is 1.00 e. The van der Waals surface area contributed by atoms with Gasteiger partial charge in [-0.25, -0.2) is 8.42 Å². The number of aliphatic hydroxyl groups excluding tert-OH is 1. The molecule has 0 amide bonds. The number of hydrogen-bond acceptors (Lipinski definition) is 4. The minimum Gasteiger partial charge on any atom is -0.748 e. The van der Waals surface area contributed by atoms with Crippen molar-refractivity contribution in [2.45, 2.75) is 83.0 Å². The van der Waals surface area contributed by atoms with Crippen LogP contribution in [-0.2, 0) is 10.1 Å². The van der Waals surface area contributed by atoms with E-state index in [0.717, 1.165) is 32.1 Å². The fourth-order valence-electron chi connectivity index (χ4n) is 2.03. The summed E-state index contributed by atoms with van der Waals surface area (Å²) in [6.45, 7) is 4.04. The van der Waals surface area contributed by atoms with Gasteiger partial charge in [0.2, 0.25) is 0 Å². The van der Waals surface area contributed by atoms with Crippen molar-refractivity contribution in [3.05, 3.63) is 0 Å². The summed E-state index contributed by atoms with van der Waals surface area (Å²) in [6, 6.07) is 0. The van der Waals surface area contributed by atoms with Gasteiger partial charge in [0.1, 0.15) is 0 Å². The first-order chi connectivity index (χ1) is 8.41. The molecule has 0 aromatic heterocycles. The van der Waals surface area contributed by atoms with Crippen LogP contribution in [0.1, 0.15) is 71.6 Å². The van der Waals surface area contributed by atoms with E-state index in [1.165, 1.54) is 0 Å². The van der Waals surface area contributed by atoms with Gasteiger partial charge >= 0.3 is 29.6 Å². The van der Waals surface area contributed by atoms with Gasteiger partial charge in [-0.1, -0.05) is 39.5 Å². The normalized spacial score (nSPS) is 14.7. The van der Waals surface area contributed by atoms with E-state index in [2.05, 4.69) is 6.92 Å². The molecule has 0 aromatic carbocycles. The van der Waals surface area contributed by atoms with Crippen LogP contribution in [0.4, 0.5) is 0 Å². The molecule has 0 aliphatic heterocycles. The third-order valence-corrected chi connectivity index (χ3v) is 4.53. The third-order valence-electron chi connectivity index (χ3n) is 3.24. The molecule has 110 valence electrons. The van der Waals surface area contributed by atoms with E-state index in [1.54, 1.807) is 0 Å². The van der Waals surface area contributed by atoms with Crippen LogP contribution in [0.15, 0.2) is 0 Å². The quantitative estimate of drug-likeness (QED) is 0.424. The zero-order valence-electron chi connectivity index (χ0n) is 12.6. The molecule has 6 heteroatoms. The molecule has 0 radical (unpaired) electrons. The van der Waals surface area contributed by atoms with Gasteiger partial charge in [-0.15, -0.1) is 0 Å². The Balaban J connectivity index is 0. The van der Waals surface area contributed by atoms with Gasteiger partial charge in [-0.2, -0.15) is 0 Å². The van der Waals surface area contributed by atoms with Crippen LogP contribution in [0.25, 0.3) is 0 Å². The summed E-state index contributed by atoms with van der Waals surface area (Å²) >= 11 is 0. The summed E-state index contributed by atoms with van der Waals surface area (Å²) in [5, 5.41) is 8.88.